The molecule has 0 saturated carbocycles. The van der Waals surface area contributed by atoms with Crippen LogP contribution in [0.1, 0.15) is 0 Å². The van der Waals surface area contributed by atoms with Crippen LogP contribution in [0.3, 0.4) is 0 Å². The van der Waals surface area contributed by atoms with Crippen molar-refractivity contribution in [3.63, 3.8) is 0 Å². The summed E-state index contributed by atoms with van der Waals surface area (Å²) in [6, 6.07) is 15.5. The van der Waals surface area contributed by atoms with Crippen molar-refractivity contribution in [1.82, 2.24) is 9.97 Å². The van der Waals surface area contributed by atoms with Gasteiger partial charge in [0.05, 0.1) is 16.6 Å². The molecule has 5 nitrogen and oxygen atoms in total. The Morgan fingerprint density at radius 1 is 0.842 bits per heavy atom. The SMILES string of the molecule is Nc1nc(N)c2c(Nc3ccccc3)cccc2n1. The Bertz CT molecular complexity index is 724. The largest absolute Gasteiger partial charge is 0.383 e. The Kier molecular flexibility index (Phi) is 2.64. The van der Waals surface area contributed by atoms with E-state index in [-0.39, 0.29) is 5.95 Å². The number of nitrogens with zero attached hydrogens (tertiary/aromatic N) is 2. The van der Waals surface area contributed by atoms with Gasteiger partial charge in [0, 0.05) is 5.69 Å². The van der Waals surface area contributed by atoms with Gasteiger partial charge >= 0.3 is 0 Å². The lowest BCUT2D eigenvalue weighted by atomic mass is 10.2. The zero-order valence-corrected chi connectivity index (χ0v) is 10.2. The third kappa shape index (κ3) is 2.13. The number of anilines is 4. The van der Waals surface area contributed by atoms with Gasteiger partial charge in [0.25, 0.3) is 0 Å². The lowest BCUT2D eigenvalue weighted by Crippen LogP contribution is -2.02. The molecule has 19 heavy (non-hydrogen) atoms. The molecule has 0 amide bonds. The monoisotopic (exact) mass is 251 g/mol. The fraction of sp³-hybridized carbons (Fsp3) is 0. The Morgan fingerprint density at radius 2 is 1.63 bits per heavy atom. The summed E-state index contributed by atoms with van der Waals surface area (Å²) in [5.74, 6) is 0.559. The average molecular weight is 251 g/mol. The van der Waals surface area contributed by atoms with Gasteiger partial charge in [-0.2, -0.15) is 4.98 Å². The molecule has 94 valence electrons. The predicted molar refractivity (Wildman–Crippen MR) is 78.1 cm³/mol. The van der Waals surface area contributed by atoms with Gasteiger partial charge in [-0.25, -0.2) is 4.98 Å². The normalized spacial score (nSPS) is 10.5. The van der Waals surface area contributed by atoms with Crippen LogP contribution in [0.2, 0.25) is 0 Å². The lowest BCUT2D eigenvalue weighted by Gasteiger charge is -2.11. The van der Waals surface area contributed by atoms with Crippen molar-refractivity contribution in [1.29, 1.82) is 0 Å². The number of para-hydroxylation sites is 1. The highest BCUT2D eigenvalue weighted by atomic mass is 15.0. The summed E-state index contributed by atoms with van der Waals surface area (Å²) in [5, 5.41) is 4.08. The molecule has 2 aromatic carbocycles. The Hall–Kier alpha value is -2.82. The van der Waals surface area contributed by atoms with E-state index in [1.54, 1.807) is 0 Å². The highest BCUT2D eigenvalue weighted by molar-refractivity contribution is 6.00. The number of hydrogen-bond donors (Lipinski definition) is 3. The van der Waals surface area contributed by atoms with Crippen LogP contribution in [0.5, 0.6) is 0 Å². The smallest absolute Gasteiger partial charge is 0.222 e. The Labute approximate surface area is 110 Å². The van der Waals surface area contributed by atoms with Crippen LogP contribution >= 0.6 is 0 Å². The van der Waals surface area contributed by atoms with Gasteiger partial charge in [-0.05, 0) is 24.3 Å². The van der Waals surface area contributed by atoms with E-state index in [0.717, 1.165) is 22.3 Å². The number of aromatic nitrogens is 2. The molecule has 5 N–H and O–H groups in total. The number of nitrogens with one attached hydrogen (secondary N) is 1. The number of fused-ring (bicyclic) bond motifs is 1. The summed E-state index contributed by atoms with van der Waals surface area (Å²) < 4.78 is 0. The molecular formula is C14H13N5. The second-order valence-electron chi connectivity index (χ2n) is 4.16. The van der Waals surface area contributed by atoms with Crippen LogP contribution in [-0.4, -0.2) is 9.97 Å². The first kappa shape index (κ1) is 11.3. The van der Waals surface area contributed by atoms with Crippen molar-refractivity contribution in [2.45, 2.75) is 0 Å². The molecule has 1 heterocycles. The van der Waals surface area contributed by atoms with Crippen LogP contribution in [0.4, 0.5) is 23.1 Å². The minimum atomic E-state index is 0.182. The van der Waals surface area contributed by atoms with Crippen molar-refractivity contribution in [2.24, 2.45) is 0 Å². The van der Waals surface area contributed by atoms with Crippen molar-refractivity contribution in [2.75, 3.05) is 16.8 Å². The van der Waals surface area contributed by atoms with Crippen molar-refractivity contribution in [3.8, 4) is 0 Å². The van der Waals surface area contributed by atoms with Gasteiger partial charge in [-0.15, -0.1) is 0 Å². The summed E-state index contributed by atoms with van der Waals surface area (Å²) in [4.78, 5) is 8.19. The first-order valence-corrected chi connectivity index (χ1v) is 5.88. The maximum atomic E-state index is 5.94. The lowest BCUT2D eigenvalue weighted by molar-refractivity contribution is 1.25. The molecule has 3 aromatic rings. The summed E-state index contributed by atoms with van der Waals surface area (Å²) in [5.41, 5.74) is 14.1. The molecule has 0 fully saturated rings. The zero-order chi connectivity index (χ0) is 13.2. The maximum Gasteiger partial charge on any atom is 0.222 e. The molecule has 0 atom stereocenters. The van der Waals surface area contributed by atoms with Crippen molar-refractivity contribution in [3.05, 3.63) is 48.5 Å². The van der Waals surface area contributed by atoms with Crippen LogP contribution < -0.4 is 16.8 Å². The molecule has 0 aliphatic rings. The number of nitrogen functional groups attached to an aromatic ring is 2. The van der Waals surface area contributed by atoms with E-state index in [2.05, 4.69) is 15.3 Å². The molecule has 0 aliphatic heterocycles. The van der Waals surface area contributed by atoms with Gasteiger partial charge in [-0.3, -0.25) is 0 Å². The van der Waals surface area contributed by atoms with Gasteiger partial charge in [0.1, 0.15) is 5.82 Å². The summed E-state index contributed by atoms with van der Waals surface area (Å²) in [6.45, 7) is 0. The van der Waals surface area contributed by atoms with Gasteiger partial charge in [-0.1, -0.05) is 24.3 Å². The number of benzene rings is 2. The predicted octanol–water partition coefficient (Wildman–Crippen LogP) is 2.54. The summed E-state index contributed by atoms with van der Waals surface area (Å²) >= 11 is 0. The highest BCUT2D eigenvalue weighted by Crippen LogP contribution is 2.29. The third-order valence-electron chi connectivity index (χ3n) is 2.82. The first-order valence-electron chi connectivity index (χ1n) is 5.88. The first-order chi connectivity index (χ1) is 9.24. The van der Waals surface area contributed by atoms with Gasteiger partial charge in [0.2, 0.25) is 5.95 Å². The molecular weight excluding hydrogens is 238 g/mol. The molecule has 1 aromatic heterocycles. The van der Waals surface area contributed by atoms with E-state index < -0.39 is 0 Å². The number of hydrogen-bond acceptors (Lipinski definition) is 5. The molecule has 0 unspecified atom stereocenters. The molecule has 5 heteroatoms. The van der Waals surface area contributed by atoms with Crippen molar-refractivity contribution < 1.29 is 0 Å². The van der Waals surface area contributed by atoms with Gasteiger partial charge < -0.3 is 16.8 Å². The second-order valence-corrected chi connectivity index (χ2v) is 4.16. The number of nitrogens with two attached hydrogens (primary N) is 2. The maximum absolute atomic E-state index is 5.94. The molecule has 0 saturated heterocycles. The topological polar surface area (TPSA) is 89.8 Å². The molecule has 3 rings (SSSR count). The standard InChI is InChI=1S/C14H13N5/c15-13-12-10(17-9-5-2-1-3-6-9)7-4-8-11(12)18-14(16)19-13/h1-8,17H,(H4,15,16,18,19). The highest BCUT2D eigenvalue weighted by Gasteiger charge is 2.08. The molecule has 0 radical (unpaired) electrons. The van der Waals surface area contributed by atoms with E-state index in [4.69, 9.17) is 11.5 Å². The molecule has 0 aliphatic carbocycles. The molecule has 0 spiro atoms. The van der Waals surface area contributed by atoms with E-state index in [0.29, 0.717) is 5.82 Å². The van der Waals surface area contributed by atoms with Crippen LogP contribution in [0, 0.1) is 0 Å². The van der Waals surface area contributed by atoms with E-state index in [1.165, 1.54) is 0 Å². The zero-order valence-electron chi connectivity index (χ0n) is 10.2. The van der Waals surface area contributed by atoms with Crippen LogP contribution in [0.25, 0.3) is 10.9 Å². The second kappa shape index (κ2) is 4.45. The van der Waals surface area contributed by atoms with E-state index in [1.807, 2.05) is 48.5 Å². The third-order valence-corrected chi connectivity index (χ3v) is 2.82. The van der Waals surface area contributed by atoms with E-state index >= 15 is 0 Å². The van der Waals surface area contributed by atoms with Gasteiger partial charge in [0.15, 0.2) is 0 Å². The number of rotatable bonds is 2. The molecule has 0 bridgehead atoms. The minimum absolute atomic E-state index is 0.182. The minimum Gasteiger partial charge on any atom is -0.383 e. The quantitative estimate of drug-likeness (QED) is 0.651. The van der Waals surface area contributed by atoms with Crippen molar-refractivity contribution >= 4 is 34.0 Å². The fourth-order valence-corrected chi connectivity index (χ4v) is 2.01. The fourth-order valence-electron chi connectivity index (χ4n) is 2.01. The summed E-state index contributed by atoms with van der Waals surface area (Å²) in [6.07, 6.45) is 0. The Morgan fingerprint density at radius 3 is 2.42 bits per heavy atom. The van der Waals surface area contributed by atoms with E-state index in [9.17, 15) is 0 Å². The van der Waals surface area contributed by atoms with Crippen LogP contribution in [0.15, 0.2) is 48.5 Å². The summed E-state index contributed by atoms with van der Waals surface area (Å²) in [7, 11) is 0. The Balaban J connectivity index is 2.14. The average Bonchev–Trinajstić information content (AvgIpc) is 2.39. The van der Waals surface area contributed by atoms with Crippen LogP contribution in [-0.2, 0) is 0 Å².